The minimum absolute atomic E-state index is 0.0377. The van der Waals surface area contributed by atoms with Crippen LogP contribution in [0.3, 0.4) is 0 Å². The molecule has 2 rings (SSSR count). The minimum Gasteiger partial charge on any atom is -0.462 e. The number of hydrogen-bond donors (Lipinski definition) is 0. The van der Waals surface area contributed by atoms with Crippen molar-refractivity contribution in [2.75, 3.05) is 0 Å². The van der Waals surface area contributed by atoms with Gasteiger partial charge in [-0.15, -0.1) is 0 Å². The van der Waals surface area contributed by atoms with E-state index in [2.05, 4.69) is 40.7 Å². The van der Waals surface area contributed by atoms with E-state index < -0.39 is 10.8 Å². The van der Waals surface area contributed by atoms with Gasteiger partial charge in [-0.25, -0.2) is 0 Å². The fraction of sp³-hybridized carbons (Fsp3) is 0.850. The Hall–Kier alpha value is -1.37. The van der Waals surface area contributed by atoms with Gasteiger partial charge in [0, 0.05) is 0 Å². The van der Waals surface area contributed by atoms with Crippen LogP contribution in [-0.4, -0.2) is 18.4 Å². The van der Waals surface area contributed by atoms with Gasteiger partial charge in [0.1, 0.15) is 17.8 Å². The van der Waals surface area contributed by atoms with E-state index >= 15 is 0 Å². The molecule has 0 amide bonds. The third-order valence-corrected chi connectivity index (χ3v) is 6.27. The van der Waals surface area contributed by atoms with Crippen molar-refractivity contribution in [3.05, 3.63) is 0 Å². The third-order valence-electron chi connectivity index (χ3n) is 6.27. The molecule has 0 heterocycles. The van der Waals surface area contributed by atoms with E-state index in [9.17, 15) is 14.9 Å². The predicted octanol–water partition coefficient (Wildman–Crippen LogP) is 4.14. The molecule has 0 aromatic rings. The highest BCUT2D eigenvalue weighted by Gasteiger charge is 2.57. The second kappa shape index (κ2) is 6.17. The van der Waals surface area contributed by atoms with Crippen LogP contribution in [-0.2, 0) is 14.3 Å². The maximum Gasteiger partial charge on any atom is 0.312 e. The lowest BCUT2D eigenvalue weighted by Gasteiger charge is -2.39. The Morgan fingerprint density at radius 3 is 2.33 bits per heavy atom. The first-order valence-electron chi connectivity index (χ1n) is 9.06. The van der Waals surface area contributed by atoms with Gasteiger partial charge in [-0.05, 0) is 55.8 Å². The van der Waals surface area contributed by atoms with Crippen molar-refractivity contribution in [3.63, 3.8) is 0 Å². The molecular formula is C20H31NO3. The van der Waals surface area contributed by atoms with E-state index in [1.165, 1.54) is 0 Å². The molecule has 2 saturated carbocycles. The topological polar surface area (TPSA) is 67.2 Å². The van der Waals surface area contributed by atoms with Crippen LogP contribution in [0.5, 0.6) is 0 Å². The Morgan fingerprint density at radius 2 is 1.96 bits per heavy atom. The normalized spacial score (nSPS) is 34.7. The van der Waals surface area contributed by atoms with Crippen LogP contribution in [0, 0.1) is 45.3 Å². The van der Waals surface area contributed by atoms with E-state index in [1.54, 1.807) is 0 Å². The molecule has 2 bridgehead atoms. The Bertz CT molecular complexity index is 556. The molecule has 5 unspecified atom stereocenters. The number of rotatable bonds is 5. The maximum absolute atomic E-state index is 13.0. The van der Waals surface area contributed by atoms with Crippen molar-refractivity contribution < 1.29 is 14.3 Å². The van der Waals surface area contributed by atoms with Crippen LogP contribution < -0.4 is 0 Å². The molecule has 134 valence electrons. The van der Waals surface area contributed by atoms with Crippen LogP contribution >= 0.6 is 0 Å². The third kappa shape index (κ3) is 3.23. The average molecular weight is 333 g/mol. The fourth-order valence-electron chi connectivity index (χ4n) is 4.66. The van der Waals surface area contributed by atoms with Gasteiger partial charge in [-0.1, -0.05) is 34.6 Å². The summed E-state index contributed by atoms with van der Waals surface area (Å²) in [7, 11) is 0. The van der Waals surface area contributed by atoms with E-state index in [0.29, 0.717) is 12.8 Å². The van der Waals surface area contributed by atoms with Crippen LogP contribution in [0.4, 0.5) is 0 Å². The van der Waals surface area contributed by atoms with Crippen molar-refractivity contribution in [3.8, 4) is 6.07 Å². The first-order valence-corrected chi connectivity index (χ1v) is 9.06. The van der Waals surface area contributed by atoms with Crippen molar-refractivity contribution in [1.82, 2.24) is 0 Å². The molecule has 0 N–H and O–H groups in total. The molecule has 24 heavy (non-hydrogen) atoms. The Balaban J connectivity index is 2.08. The zero-order chi connectivity index (χ0) is 18.3. The molecule has 2 fully saturated rings. The summed E-state index contributed by atoms with van der Waals surface area (Å²) in [6.45, 7) is 12.6. The summed E-state index contributed by atoms with van der Waals surface area (Å²) in [6.07, 6.45) is 3.45. The first kappa shape index (κ1) is 19.0. The van der Waals surface area contributed by atoms with Gasteiger partial charge in [0.05, 0.1) is 11.5 Å². The lowest BCUT2D eigenvalue weighted by Crippen LogP contribution is -2.42. The number of ether oxygens (including phenoxy) is 1. The SMILES string of the molecule is CC(C)C(C)(CC(C)(C)C)C(=O)OC1CC2CC1CC2(C#N)C=O. The van der Waals surface area contributed by atoms with E-state index in [4.69, 9.17) is 4.74 Å². The molecule has 0 radical (unpaired) electrons. The number of nitriles is 1. The molecule has 0 saturated heterocycles. The van der Waals surface area contributed by atoms with Crippen molar-refractivity contribution in [2.45, 2.75) is 73.3 Å². The zero-order valence-corrected chi connectivity index (χ0v) is 15.9. The number of esters is 1. The number of fused-ring (bicyclic) bond motifs is 2. The fourth-order valence-corrected chi connectivity index (χ4v) is 4.66. The highest BCUT2D eigenvalue weighted by atomic mass is 16.5. The molecule has 2 aliphatic rings. The van der Waals surface area contributed by atoms with Crippen LogP contribution in [0.2, 0.25) is 0 Å². The molecule has 4 nitrogen and oxygen atoms in total. The summed E-state index contributed by atoms with van der Waals surface area (Å²) >= 11 is 0. The van der Waals surface area contributed by atoms with E-state index in [0.717, 1.165) is 19.1 Å². The minimum atomic E-state index is -0.847. The van der Waals surface area contributed by atoms with E-state index in [-0.39, 0.29) is 35.2 Å². The number of carbonyl (C=O) groups excluding carboxylic acids is 2. The van der Waals surface area contributed by atoms with Crippen molar-refractivity contribution >= 4 is 12.3 Å². The Labute approximate surface area is 145 Å². The summed E-state index contributed by atoms with van der Waals surface area (Å²) in [5.41, 5.74) is -1.32. The molecule has 0 aromatic heterocycles. The lowest BCUT2D eigenvalue weighted by molar-refractivity contribution is -0.169. The standard InChI is InChI=1S/C20H31NO3/c1-13(2)19(6,10-18(3,4)5)17(23)24-16-8-15-7-14(16)9-20(15,11-21)12-22/h12-16H,7-10H2,1-6H3. The molecule has 0 aliphatic heterocycles. The summed E-state index contributed by atoms with van der Waals surface area (Å²) in [4.78, 5) is 24.3. The summed E-state index contributed by atoms with van der Waals surface area (Å²) in [5, 5.41) is 9.35. The quantitative estimate of drug-likeness (QED) is 0.560. The smallest absolute Gasteiger partial charge is 0.312 e. The van der Waals surface area contributed by atoms with Gasteiger partial charge in [0.2, 0.25) is 0 Å². The second-order valence-corrected chi connectivity index (χ2v) is 9.66. The molecule has 0 aromatic carbocycles. The van der Waals surface area contributed by atoms with Gasteiger partial charge < -0.3 is 9.53 Å². The largest absolute Gasteiger partial charge is 0.462 e. The Kier molecular flexibility index (Phi) is 4.87. The summed E-state index contributed by atoms with van der Waals surface area (Å²) in [6, 6.07) is 2.20. The lowest BCUT2D eigenvalue weighted by atomic mass is 9.68. The highest BCUT2D eigenvalue weighted by Crippen LogP contribution is 2.56. The van der Waals surface area contributed by atoms with Gasteiger partial charge in [-0.2, -0.15) is 5.26 Å². The zero-order valence-electron chi connectivity index (χ0n) is 15.9. The second-order valence-electron chi connectivity index (χ2n) is 9.66. The monoisotopic (exact) mass is 333 g/mol. The number of aldehydes is 1. The number of hydrogen-bond acceptors (Lipinski definition) is 4. The number of nitrogens with zero attached hydrogens (tertiary/aromatic N) is 1. The molecular weight excluding hydrogens is 302 g/mol. The van der Waals surface area contributed by atoms with E-state index in [1.807, 2.05) is 6.92 Å². The van der Waals surface area contributed by atoms with Gasteiger partial charge in [-0.3, -0.25) is 4.79 Å². The molecule has 5 atom stereocenters. The highest BCUT2D eigenvalue weighted by molar-refractivity contribution is 5.77. The first-order chi connectivity index (χ1) is 11.0. The Morgan fingerprint density at radius 1 is 1.33 bits per heavy atom. The van der Waals surface area contributed by atoms with Gasteiger partial charge in [0.25, 0.3) is 0 Å². The summed E-state index contributed by atoms with van der Waals surface area (Å²) < 4.78 is 5.94. The average Bonchev–Trinajstić information content (AvgIpc) is 3.02. The maximum atomic E-state index is 13.0. The van der Waals surface area contributed by atoms with Crippen molar-refractivity contribution in [2.24, 2.45) is 34.0 Å². The molecule has 4 heteroatoms. The van der Waals surface area contributed by atoms with Crippen LogP contribution in [0.15, 0.2) is 0 Å². The van der Waals surface area contributed by atoms with Gasteiger partial charge >= 0.3 is 5.97 Å². The molecule has 2 aliphatic carbocycles. The van der Waals surface area contributed by atoms with Crippen LogP contribution in [0.25, 0.3) is 0 Å². The van der Waals surface area contributed by atoms with Gasteiger partial charge in [0.15, 0.2) is 0 Å². The predicted molar refractivity (Wildman–Crippen MR) is 91.8 cm³/mol. The van der Waals surface area contributed by atoms with Crippen molar-refractivity contribution in [1.29, 1.82) is 5.26 Å². The van der Waals surface area contributed by atoms with Crippen LogP contribution in [0.1, 0.15) is 67.2 Å². The molecule has 0 spiro atoms. The number of carbonyl (C=O) groups is 2. The summed E-state index contributed by atoms with van der Waals surface area (Å²) in [5.74, 6) is 0.250.